The Labute approximate surface area is 326 Å². The Morgan fingerprint density at radius 3 is 1.98 bits per heavy atom. The van der Waals surface area contributed by atoms with Gasteiger partial charge in [0.1, 0.15) is 17.2 Å². The van der Waals surface area contributed by atoms with E-state index in [-0.39, 0.29) is 17.7 Å². The van der Waals surface area contributed by atoms with Crippen molar-refractivity contribution in [2.75, 3.05) is 41.0 Å². The number of alkyl halides is 5. The standard InChI is InChI=1S/C37H25Cl2F8N3O7/c38-35-14-21-18(6-7-19-23(21)32(53)49(31(19)52)16-3-1-15(2-4-16)48-9-11-56-12-10-48)24(20-13-17(5-8-22(20)51)57-37(45,46)47)36(35,39)34(55)50(33(35)54)30-28(43)26(41)25(40)27(42)29(30)44/h1-6,8,13,19,21,23-24,51H,7,9-12,14H2. The number of imide groups is 2. The zero-order valence-electron chi connectivity index (χ0n) is 28.7. The van der Waals surface area contributed by atoms with Gasteiger partial charge in [0.05, 0.1) is 30.7 Å². The molecule has 4 amide bonds. The van der Waals surface area contributed by atoms with Gasteiger partial charge in [-0.25, -0.2) is 26.9 Å². The number of nitrogens with zero attached hydrogens (tertiary/aromatic N) is 3. The van der Waals surface area contributed by atoms with Gasteiger partial charge in [-0.2, -0.15) is 0 Å². The monoisotopic (exact) mass is 845 g/mol. The van der Waals surface area contributed by atoms with E-state index in [1.807, 2.05) is 4.90 Å². The average Bonchev–Trinajstić information content (AvgIpc) is 3.51. The van der Waals surface area contributed by atoms with Crippen LogP contribution in [0, 0.1) is 46.8 Å². The van der Waals surface area contributed by atoms with E-state index in [2.05, 4.69) is 4.74 Å². The maximum atomic E-state index is 15.3. The number of hydrogen-bond acceptors (Lipinski definition) is 8. The van der Waals surface area contributed by atoms with E-state index in [0.717, 1.165) is 16.7 Å². The Bertz CT molecular complexity index is 2280. The number of allylic oxidation sites excluding steroid dienone is 2. The lowest BCUT2D eigenvalue weighted by Crippen LogP contribution is -2.60. The van der Waals surface area contributed by atoms with E-state index in [1.54, 1.807) is 12.1 Å². The van der Waals surface area contributed by atoms with Crippen molar-refractivity contribution in [2.45, 2.75) is 34.9 Å². The van der Waals surface area contributed by atoms with Crippen molar-refractivity contribution in [3.8, 4) is 11.5 Å². The van der Waals surface area contributed by atoms with Crippen molar-refractivity contribution >= 4 is 63.9 Å². The molecule has 3 aromatic carbocycles. The van der Waals surface area contributed by atoms with Crippen molar-refractivity contribution in [1.82, 2.24) is 0 Å². The number of rotatable bonds is 5. The van der Waals surface area contributed by atoms with E-state index in [0.29, 0.717) is 38.4 Å². The molecule has 10 nitrogen and oxygen atoms in total. The first kappa shape index (κ1) is 38.9. The van der Waals surface area contributed by atoms with Gasteiger partial charge >= 0.3 is 6.36 Å². The molecule has 20 heteroatoms. The van der Waals surface area contributed by atoms with E-state index >= 15 is 8.78 Å². The number of morpholine rings is 1. The highest BCUT2D eigenvalue weighted by atomic mass is 35.5. The van der Waals surface area contributed by atoms with Gasteiger partial charge in [0, 0.05) is 30.3 Å². The quantitative estimate of drug-likeness (QED) is 0.0765. The fourth-order valence-corrected chi connectivity index (χ4v) is 9.69. The zero-order valence-corrected chi connectivity index (χ0v) is 30.2. The van der Waals surface area contributed by atoms with Crippen LogP contribution in [0.1, 0.15) is 24.3 Å². The number of benzene rings is 3. The summed E-state index contributed by atoms with van der Waals surface area (Å²) in [5.41, 5.74) is -1.84. The smallest absolute Gasteiger partial charge is 0.508 e. The number of amides is 4. The minimum atomic E-state index is -5.29. The Kier molecular flexibility index (Phi) is 9.08. The molecule has 3 aliphatic heterocycles. The predicted octanol–water partition coefficient (Wildman–Crippen LogP) is 6.59. The Balaban J connectivity index is 1.27. The van der Waals surface area contributed by atoms with Gasteiger partial charge < -0.3 is 19.5 Å². The molecule has 0 aromatic heterocycles. The molecule has 300 valence electrons. The van der Waals surface area contributed by atoms with E-state index < -0.39 is 127 Å². The van der Waals surface area contributed by atoms with Crippen molar-refractivity contribution < 1.29 is 68.9 Å². The largest absolute Gasteiger partial charge is 0.573 e. The van der Waals surface area contributed by atoms with Crippen LogP contribution in [0.15, 0.2) is 54.1 Å². The Hall–Kier alpha value is -4.94. The van der Waals surface area contributed by atoms with Crippen LogP contribution < -0.4 is 19.4 Å². The Morgan fingerprint density at radius 1 is 0.772 bits per heavy atom. The van der Waals surface area contributed by atoms with Gasteiger partial charge in [0.2, 0.25) is 17.6 Å². The number of phenols is 1. The highest BCUT2D eigenvalue weighted by molar-refractivity contribution is 6.58. The predicted molar refractivity (Wildman–Crippen MR) is 183 cm³/mol. The second-order valence-electron chi connectivity index (χ2n) is 14.1. The molecule has 6 atom stereocenters. The minimum Gasteiger partial charge on any atom is -0.508 e. The lowest BCUT2D eigenvalue weighted by atomic mass is 9.56. The molecule has 0 bridgehead atoms. The van der Waals surface area contributed by atoms with Crippen molar-refractivity contribution in [1.29, 1.82) is 0 Å². The number of hydrogen-bond donors (Lipinski definition) is 1. The van der Waals surface area contributed by atoms with Crippen LogP contribution in [0.5, 0.6) is 11.5 Å². The number of halogens is 10. The molecule has 3 heterocycles. The Morgan fingerprint density at radius 2 is 1.37 bits per heavy atom. The maximum absolute atomic E-state index is 15.3. The van der Waals surface area contributed by atoms with Gasteiger partial charge in [-0.15, -0.1) is 36.4 Å². The van der Waals surface area contributed by atoms with E-state index in [1.165, 1.54) is 18.2 Å². The molecule has 1 saturated carbocycles. The molecule has 0 radical (unpaired) electrons. The second-order valence-corrected chi connectivity index (χ2v) is 15.3. The molecule has 1 N–H and O–H groups in total. The fraction of sp³-hybridized carbons (Fsp3) is 0.351. The number of phenolic OH excluding ortho intramolecular Hbond substituents is 1. The number of carbonyl (C=O) groups excluding carboxylic acids is 4. The summed E-state index contributed by atoms with van der Waals surface area (Å²) in [7, 11) is 0. The summed E-state index contributed by atoms with van der Waals surface area (Å²) in [5, 5.41) is 11.1. The summed E-state index contributed by atoms with van der Waals surface area (Å²) in [5.74, 6) is -25.9. The van der Waals surface area contributed by atoms with Crippen molar-refractivity contribution in [3.63, 3.8) is 0 Å². The topological polar surface area (TPSA) is 117 Å². The van der Waals surface area contributed by atoms with Crippen molar-refractivity contribution in [2.24, 2.45) is 17.8 Å². The number of aromatic hydroxyl groups is 1. The molecule has 3 aromatic rings. The minimum absolute atomic E-state index is 0.0898. The van der Waals surface area contributed by atoms with Gasteiger partial charge in [-0.3, -0.25) is 24.1 Å². The molecule has 6 unspecified atom stereocenters. The van der Waals surface area contributed by atoms with E-state index in [9.17, 15) is 50.6 Å². The number of anilines is 3. The first-order valence-corrected chi connectivity index (χ1v) is 17.9. The second kappa shape index (κ2) is 13.3. The van der Waals surface area contributed by atoms with Crippen LogP contribution in [0.3, 0.4) is 0 Å². The summed E-state index contributed by atoms with van der Waals surface area (Å²) in [6.07, 6.45) is -5.06. The van der Waals surface area contributed by atoms with Crippen LogP contribution in [0.25, 0.3) is 0 Å². The molecule has 4 fully saturated rings. The van der Waals surface area contributed by atoms with Crippen LogP contribution in [-0.4, -0.2) is 71.1 Å². The number of ether oxygens (including phenoxy) is 2. The molecular weight excluding hydrogens is 821 g/mol. The summed E-state index contributed by atoms with van der Waals surface area (Å²) < 4.78 is 123. The summed E-state index contributed by atoms with van der Waals surface area (Å²) in [4.78, 5) is 53.7. The number of fused-ring (bicyclic) bond motifs is 4. The van der Waals surface area contributed by atoms with Gasteiger partial charge in [0.25, 0.3) is 11.8 Å². The van der Waals surface area contributed by atoms with Gasteiger partial charge in [0.15, 0.2) is 33.0 Å². The van der Waals surface area contributed by atoms with Crippen molar-refractivity contribution in [3.05, 3.63) is 88.8 Å². The van der Waals surface area contributed by atoms with Crippen LogP contribution in [0.2, 0.25) is 0 Å². The normalized spacial score (nSPS) is 28.7. The average molecular weight is 847 g/mol. The third kappa shape index (κ3) is 5.61. The number of carbonyl (C=O) groups is 4. The summed E-state index contributed by atoms with van der Waals surface area (Å²) in [6.45, 7) is 2.16. The molecule has 3 saturated heterocycles. The molecular formula is C37H25Cl2F8N3O7. The first-order valence-electron chi connectivity index (χ1n) is 17.2. The van der Waals surface area contributed by atoms with Crippen LogP contribution in [0.4, 0.5) is 52.2 Å². The van der Waals surface area contributed by atoms with Gasteiger partial charge in [-0.05, 0) is 61.2 Å². The lowest BCUT2D eigenvalue weighted by molar-refractivity contribution is -0.274. The lowest BCUT2D eigenvalue weighted by Gasteiger charge is -2.50. The van der Waals surface area contributed by atoms with Crippen LogP contribution in [-0.2, 0) is 23.9 Å². The third-order valence-electron chi connectivity index (χ3n) is 11.2. The zero-order chi connectivity index (χ0) is 41.1. The summed E-state index contributed by atoms with van der Waals surface area (Å²) in [6, 6.07) is 8.47. The highest BCUT2D eigenvalue weighted by Gasteiger charge is 2.77. The van der Waals surface area contributed by atoms with Gasteiger partial charge in [-0.1, -0.05) is 11.6 Å². The molecule has 5 aliphatic rings. The molecule has 57 heavy (non-hydrogen) atoms. The fourth-order valence-electron chi connectivity index (χ4n) is 8.76. The highest BCUT2D eigenvalue weighted by Crippen LogP contribution is 2.67. The van der Waals surface area contributed by atoms with Crippen LogP contribution >= 0.6 is 23.2 Å². The molecule has 0 spiro atoms. The maximum Gasteiger partial charge on any atom is 0.573 e. The summed E-state index contributed by atoms with van der Waals surface area (Å²) >= 11 is 14.1. The van der Waals surface area contributed by atoms with E-state index in [4.69, 9.17) is 27.9 Å². The third-order valence-corrected chi connectivity index (χ3v) is 12.7. The SMILES string of the molecule is O=C1C2CC=C3C(CC4(Cl)C(=O)N(c5c(F)c(F)c(F)c(F)c5F)C(=O)C4(Cl)C3c3cc(OC(F)(F)F)ccc3O)C2C(=O)N1c1ccc(N2CCOCC2)cc1. The molecule has 8 rings (SSSR count). The first-order chi connectivity index (χ1) is 26.8. The molecule has 2 aliphatic carbocycles.